The molecule has 0 saturated carbocycles. The van der Waals surface area contributed by atoms with E-state index in [4.69, 9.17) is 0 Å². The molecule has 4 heterocycles. The molecule has 0 aliphatic rings. The van der Waals surface area contributed by atoms with Crippen LogP contribution in [0.3, 0.4) is 0 Å². The second kappa shape index (κ2) is 22.5. The number of rotatable bonds is 8. The van der Waals surface area contributed by atoms with Gasteiger partial charge in [-0.3, -0.25) is 0 Å². The van der Waals surface area contributed by atoms with Gasteiger partial charge in [-0.15, -0.1) is 0 Å². The van der Waals surface area contributed by atoms with Gasteiger partial charge in [0.2, 0.25) is 0 Å². The SMILES string of the molecule is c1ccc(-c2ccc(-n3c4ccccc4c4cc(-c5ccc6ccc7c(c6c5)c5ccccc5n7-c5ccccc5)ccc43)cc2)cc1.c1ccc(-c2ccc(-n3c4ccccc4c4ccc(-c5ccc6ccc7c(c6c5)c5ccccc5n7-c5ccccc5)cc43)cc2)cc1. The van der Waals surface area contributed by atoms with E-state index in [1.807, 2.05) is 0 Å². The highest BCUT2D eigenvalue weighted by Gasteiger charge is 2.20. The second-order valence-corrected chi connectivity index (χ2v) is 25.2. The zero-order chi connectivity index (χ0) is 63.2. The summed E-state index contributed by atoms with van der Waals surface area (Å²) >= 11 is 0. The van der Waals surface area contributed by atoms with E-state index in [0.29, 0.717) is 0 Å². The zero-order valence-corrected chi connectivity index (χ0v) is 52.4. The first kappa shape index (κ1) is 54.9. The van der Waals surface area contributed by atoms with Crippen molar-refractivity contribution >= 4 is 109 Å². The van der Waals surface area contributed by atoms with Crippen molar-refractivity contribution in [2.75, 3.05) is 0 Å². The van der Waals surface area contributed by atoms with Gasteiger partial charge in [-0.2, -0.15) is 0 Å². The molecule has 0 aliphatic carbocycles. The Labute approximate surface area is 554 Å². The quantitative estimate of drug-likeness (QED) is 0.144. The number of para-hydroxylation sites is 6. The Balaban J connectivity index is 0.000000135. The maximum atomic E-state index is 2.41. The molecule has 0 radical (unpaired) electrons. The predicted molar refractivity (Wildman–Crippen MR) is 407 cm³/mol. The predicted octanol–water partition coefficient (Wildman–Crippen LogP) is 24.7. The lowest BCUT2D eigenvalue weighted by molar-refractivity contribution is 1.18. The van der Waals surface area contributed by atoms with E-state index < -0.39 is 0 Å². The van der Waals surface area contributed by atoms with E-state index in [1.54, 1.807) is 0 Å². The highest BCUT2D eigenvalue weighted by Crippen LogP contribution is 2.43. The number of benzene rings is 16. The number of fused-ring (bicyclic) bond motifs is 16. The van der Waals surface area contributed by atoms with Crippen LogP contribution >= 0.6 is 0 Å². The zero-order valence-electron chi connectivity index (χ0n) is 52.4. The summed E-state index contributed by atoms with van der Waals surface area (Å²) in [7, 11) is 0. The fourth-order valence-electron chi connectivity index (χ4n) is 15.4. The van der Waals surface area contributed by atoms with Gasteiger partial charge in [0.05, 0.1) is 44.1 Å². The highest BCUT2D eigenvalue weighted by molar-refractivity contribution is 6.23. The molecular formula is C92H60N4. The fraction of sp³-hybridized carbons (Fsp3) is 0. The Morgan fingerprint density at radius 1 is 0.135 bits per heavy atom. The second-order valence-electron chi connectivity index (χ2n) is 25.2. The molecule has 4 nitrogen and oxygen atoms in total. The lowest BCUT2D eigenvalue weighted by atomic mass is 9.97. The van der Waals surface area contributed by atoms with Gasteiger partial charge < -0.3 is 18.3 Å². The molecule has 4 heteroatoms. The van der Waals surface area contributed by atoms with Crippen LogP contribution in [-0.2, 0) is 0 Å². The summed E-state index contributed by atoms with van der Waals surface area (Å²) in [6.07, 6.45) is 0. The van der Waals surface area contributed by atoms with Crippen LogP contribution in [0.1, 0.15) is 0 Å². The average Bonchev–Trinajstić information content (AvgIpc) is 1.59. The summed E-state index contributed by atoms with van der Waals surface area (Å²) < 4.78 is 9.59. The standard InChI is InChI=1S/2C46H30N2/c1-3-11-31(12-4-1)32-21-25-37(26-22-32)47-42-17-9-7-15-38(42)41-30-35(24-27-44(41)47)34-20-19-33-23-28-45-46(40(33)29-34)39-16-8-10-18-43(39)48(45)36-13-5-2-6-14-36;1-3-11-31(12-4-1)32-21-25-37(26-22-32)48-42-17-9-7-15-38(42)39-27-23-35(30-45(39)48)34-20-19-33-24-28-44-46(41(33)29-34)40-16-8-10-18-43(40)47(44)36-13-5-2-6-14-36/h2*1-30H. The first-order valence-corrected chi connectivity index (χ1v) is 33.1. The molecule has 20 aromatic rings. The Kier molecular flexibility index (Phi) is 12.9. The molecule has 0 spiro atoms. The van der Waals surface area contributed by atoms with Crippen LogP contribution in [0.25, 0.3) is 176 Å². The Morgan fingerprint density at radius 3 is 0.875 bits per heavy atom. The van der Waals surface area contributed by atoms with Crippen molar-refractivity contribution in [1.29, 1.82) is 0 Å². The summed E-state index contributed by atoms with van der Waals surface area (Å²) in [4.78, 5) is 0. The summed E-state index contributed by atoms with van der Waals surface area (Å²) in [5.41, 5.74) is 24.2. The maximum absolute atomic E-state index is 2.41. The molecule has 96 heavy (non-hydrogen) atoms. The third-order valence-electron chi connectivity index (χ3n) is 19.8. The van der Waals surface area contributed by atoms with Crippen LogP contribution in [0, 0.1) is 0 Å². The molecule has 0 atom stereocenters. The largest absolute Gasteiger partial charge is 0.309 e. The van der Waals surface area contributed by atoms with Crippen molar-refractivity contribution in [3.63, 3.8) is 0 Å². The van der Waals surface area contributed by atoms with Crippen molar-refractivity contribution in [2.24, 2.45) is 0 Å². The van der Waals surface area contributed by atoms with Crippen LogP contribution < -0.4 is 0 Å². The van der Waals surface area contributed by atoms with Crippen LogP contribution in [0.15, 0.2) is 364 Å². The molecule has 4 aromatic heterocycles. The van der Waals surface area contributed by atoms with Crippen molar-refractivity contribution in [3.8, 4) is 67.3 Å². The van der Waals surface area contributed by atoms with E-state index in [2.05, 4.69) is 382 Å². The molecule has 448 valence electrons. The van der Waals surface area contributed by atoms with Crippen molar-refractivity contribution in [2.45, 2.75) is 0 Å². The van der Waals surface area contributed by atoms with Crippen LogP contribution in [0.5, 0.6) is 0 Å². The van der Waals surface area contributed by atoms with Crippen molar-refractivity contribution in [3.05, 3.63) is 364 Å². The topological polar surface area (TPSA) is 19.7 Å². The smallest absolute Gasteiger partial charge is 0.0547 e. The van der Waals surface area contributed by atoms with Gasteiger partial charge in [0, 0.05) is 65.8 Å². The van der Waals surface area contributed by atoms with E-state index in [-0.39, 0.29) is 0 Å². The summed E-state index contributed by atoms with van der Waals surface area (Å²) in [5, 5.41) is 15.2. The minimum absolute atomic E-state index is 1.16. The monoisotopic (exact) mass is 1220 g/mol. The fourth-order valence-corrected chi connectivity index (χ4v) is 15.4. The number of hydrogen-bond acceptors (Lipinski definition) is 0. The van der Waals surface area contributed by atoms with Gasteiger partial charge in [-0.1, -0.05) is 249 Å². The lowest BCUT2D eigenvalue weighted by Gasteiger charge is -2.11. The summed E-state index contributed by atoms with van der Waals surface area (Å²) in [5.74, 6) is 0. The van der Waals surface area contributed by atoms with E-state index in [1.165, 1.54) is 165 Å². The Morgan fingerprint density at radius 2 is 0.406 bits per heavy atom. The van der Waals surface area contributed by atoms with Gasteiger partial charge in [-0.25, -0.2) is 0 Å². The van der Waals surface area contributed by atoms with E-state index in [9.17, 15) is 0 Å². The van der Waals surface area contributed by atoms with Crippen LogP contribution in [-0.4, -0.2) is 18.3 Å². The first-order valence-electron chi connectivity index (χ1n) is 33.1. The molecule has 0 amide bonds. The molecule has 0 N–H and O–H groups in total. The van der Waals surface area contributed by atoms with Gasteiger partial charge in [0.25, 0.3) is 0 Å². The first-order chi connectivity index (χ1) is 47.6. The molecule has 0 unspecified atom stereocenters. The van der Waals surface area contributed by atoms with Crippen molar-refractivity contribution in [1.82, 2.24) is 18.3 Å². The molecule has 0 bridgehead atoms. The maximum Gasteiger partial charge on any atom is 0.0547 e. The van der Waals surface area contributed by atoms with Crippen molar-refractivity contribution < 1.29 is 0 Å². The normalized spacial score (nSPS) is 11.8. The third kappa shape index (κ3) is 8.99. The lowest BCUT2D eigenvalue weighted by Crippen LogP contribution is -1.94. The molecule has 20 rings (SSSR count). The van der Waals surface area contributed by atoms with Gasteiger partial charge >= 0.3 is 0 Å². The minimum atomic E-state index is 1.16. The summed E-state index contributed by atoms with van der Waals surface area (Å²) in [6.45, 7) is 0. The molecular weight excluding hydrogens is 1160 g/mol. The Bertz CT molecular complexity index is 6390. The minimum Gasteiger partial charge on any atom is -0.309 e. The van der Waals surface area contributed by atoms with Crippen LogP contribution in [0.2, 0.25) is 0 Å². The third-order valence-corrected chi connectivity index (χ3v) is 19.8. The van der Waals surface area contributed by atoms with Gasteiger partial charge in [-0.05, 0) is 181 Å². The van der Waals surface area contributed by atoms with Gasteiger partial charge in [0.1, 0.15) is 0 Å². The van der Waals surface area contributed by atoms with E-state index >= 15 is 0 Å². The number of aromatic nitrogens is 4. The number of nitrogens with zero attached hydrogens (tertiary/aromatic N) is 4. The Hall–Kier alpha value is -12.8. The molecule has 0 aliphatic heterocycles. The highest BCUT2D eigenvalue weighted by atomic mass is 15.0. The van der Waals surface area contributed by atoms with Gasteiger partial charge in [0.15, 0.2) is 0 Å². The average molecular weight is 1220 g/mol. The molecule has 0 saturated heterocycles. The molecule has 0 fully saturated rings. The van der Waals surface area contributed by atoms with Crippen LogP contribution in [0.4, 0.5) is 0 Å². The summed E-state index contributed by atoms with van der Waals surface area (Å²) in [6, 6.07) is 132. The number of hydrogen-bond donors (Lipinski definition) is 0. The van der Waals surface area contributed by atoms with E-state index in [0.717, 1.165) is 11.4 Å². The molecule has 16 aromatic carbocycles.